The van der Waals surface area contributed by atoms with Crippen LogP contribution in [-0.2, 0) is 11.3 Å². The van der Waals surface area contributed by atoms with Crippen molar-refractivity contribution in [3.63, 3.8) is 0 Å². The van der Waals surface area contributed by atoms with Crippen molar-refractivity contribution < 1.29 is 9.59 Å². The van der Waals surface area contributed by atoms with Crippen LogP contribution in [-0.4, -0.2) is 22.6 Å². The lowest BCUT2D eigenvalue weighted by Crippen LogP contribution is -2.23. The molecule has 0 atom stereocenters. The van der Waals surface area contributed by atoms with Gasteiger partial charge >= 0.3 is 0 Å². The quantitative estimate of drug-likeness (QED) is 0.904. The molecule has 0 radical (unpaired) electrons. The number of pyridine rings is 1. The Kier molecular flexibility index (Phi) is 5.41. The number of carbonyl (C=O) groups is 2. The monoisotopic (exact) mass is 335 g/mol. The minimum atomic E-state index is -0.145. The molecule has 5 nitrogen and oxygen atoms in total. The third-order valence-electron chi connectivity index (χ3n) is 3.07. The van der Waals surface area contributed by atoms with Crippen molar-refractivity contribution in [1.29, 1.82) is 0 Å². The first kappa shape index (κ1) is 16.3. The van der Waals surface area contributed by atoms with Crippen LogP contribution >= 0.6 is 24.2 Å². The van der Waals surface area contributed by atoms with E-state index in [2.05, 4.69) is 15.6 Å². The van der Waals surface area contributed by atoms with Crippen molar-refractivity contribution >= 4 is 41.7 Å². The first-order valence-corrected chi connectivity index (χ1v) is 7.45. The highest BCUT2D eigenvalue weighted by Gasteiger charge is 2.15. The number of benzene rings is 1. The molecule has 1 aromatic carbocycles. The van der Waals surface area contributed by atoms with Crippen molar-refractivity contribution in [3.05, 3.63) is 53.9 Å². The van der Waals surface area contributed by atoms with Crippen LogP contribution in [0.2, 0.25) is 0 Å². The Morgan fingerprint density at radius 1 is 1.27 bits per heavy atom. The second-order valence-corrected chi connectivity index (χ2v) is 5.60. The summed E-state index contributed by atoms with van der Waals surface area (Å²) >= 11 is 1.52. The van der Waals surface area contributed by atoms with Gasteiger partial charge in [-0.2, -0.15) is 0 Å². The van der Waals surface area contributed by atoms with Gasteiger partial charge in [0.25, 0.3) is 5.91 Å². The normalized spacial score (nSPS) is 12.6. The molecule has 0 bridgehead atoms. The summed E-state index contributed by atoms with van der Waals surface area (Å²) in [5.74, 6) is 0.310. The van der Waals surface area contributed by atoms with Gasteiger partial charge in [-0.15, -0.1) is 24.2 Å². The summed E-state index contributed by atoms with van der Waals surface area (Å²) < 4.78 is 0. The molecule has 0 fully saturated rings. The van der Waals surface area contributed by atoms with Crippen molar-refractivity contribution in [3.8, 4) is 0 Å². The molecule has 0 saturated carbocycles. The summed E-state index contributed by atoms with van der Waals surface area (Å²) in [5, 5.41) is 5.69. The lowest BCUT2D eigenvalue weighted by atomic mass is 10.2. The molecule has 2 N–H and O–H groups in total. The van der Waals surface area contributed by atoms with E-state index in [9.17, 15) is 9.59 Å². The number of hydrogen-bond donors (Lipinski definition) is 2. The molecule has 2 aromatic rings. The van der Waals surface area contributed by atoms with Gasteiger partial charge in [-0.05, 0) is 29.8 Å². The highest BCUT2D eigenvalue weighted by Crippen LogP contribution is 2.31. The SMILES string of the molecule is Cl.O=C1CSc2ccc(CNC(=O)c3ccncc3)cc2N1. The molecule has 1 aliphatic rings. The summed E-state index contributed by atoms with van der Waals surface area (Å²) in [4.78, 5) is 28.3. The molecule has 22 heavy (non-hydrogen) atoms. The van der Waals surface area contributed by atoms with Crippen molar-refractivity contribution in [1.82, 2.24) is 10.3 Å². The van der Waals surface area contributed by atoms with E-state index in [4.69, 9.17) is 0 Å². The van der Waals surface area contributed by atoms with E-state index in [1.807, 2.05) is 18.2 Å². The summed E-state index contributed by atoms with van der Waals surface area (Å²) in [5.41, 5.74) is 2.33. The van der Waals surface area contributed by atoms with Gasteiger partial charge in [0, 0.05) is 29.4 Å². The highest BCUT2D eigenvalue weighted by atomic mass is 35.5. The number of aromatic nitrogens is 1. The van der Waals surface area contributed by atoms with Crippen LogP contribution in [0.1, 0.15) is 15.9 Å². The van der Waals surface area contributed by atoms with Gasteiger partial charge < -0.3 is 10.6 Å². The summed E-state index contributed by atoms with van der Waals surface area (Å²) in [6.07, 6.45) is 3.17. The maximum atomic E-state index is 11.9. The fourth-order valence-electron chi connectivity index (χ4n) is 2.03. The molecule has 0 spiro atoms. The molecule has 7 heteroatoms. The minimum Gasteiger partial charge on any atom is -0.348 e. The highest BCUT2D eigenvalue weighted by molar-refractivity contribution is 8.00. The summed E-state index contributed by atoms with van der Waals surface area (Å²) in [6, 6.07) is 9.15. The lowest BCUT2D eigenvalue weighted by Gasteiger charge is -2.17. The molecule has 0 aliphatic carbocycles. The Balaban J connectivity index is 0.00000176. The van der Waals surface area contributed by atoms with Crippen LogP contribution in [0.4, 0.5) is 5.69 Å². The molecule has 114 valence electrons. The molecule has 2 amide bonds. The number of halogens is 1. The second kappa shape index (κ2) is 7.29. The maximum absolute atomic E-state index is 11.9. The van der Waals surface area contributed by atoms with Gasteiger partial charge in [0.2, 0.25) is 5.91 Å². The number of thioether (sulfide) groups is 1. The zero-order valence-electron chi connectivity index (χ0n) is 11.5. The predicted molar refractivity (Wildman–Crippen MR) is 88.5 cm³/mol. The van der Waals surface area contributed by atoms with Gasteiger partial charge in [0.15, 0.2) is 0 Å². The summed E-state index contributed by atoms with van der Waals surface area (Å²) in [6.45, 7) is 0.412. The van der Waals surface area contributed by atoms with E-state index in [0.29, 0.717) is 17.9 Å². The van der Waals surface area contributed by atoms with Crippen LogP contribution in [0, 0.1) is 0 Å². The van der Waals surface area contributed by atoms with Crippen LogP contribution in [0.15, 0.2) is 47.6 Å². The molecule has 1 aliphatic heterocycles. The number of nitrogens with one attached hydrogen (secondary N) is 2. The predicted octanol–water partition coefficient (Wildman–Crippen LogP) is 2.48. The number of nitrogens with zero attached hydrogens (tertiary/aromatic N) is 1. The number of anilines is 1. The Morgan fingerprint density at radius 3 is 2.82 bits per heavy atom. The van der Waals surface area contributed by atoms with Crippen LogP contribution < -0.4 is 10.6 Å². The zero-order chi connectivity index (χ0) is 14.7. The van der Waals surface area contributed by atoms with Gasteiger partial charge in [-0.1, -0.05) is 6.07 Å². The van der Waals surface area contributed by atoms with Gasteiger partial charge in [0.1, 0.15) is 0 Å². The van der Waals surface area contributed by atoms with E-state index in [0.717, 1.165) is 16.1 Å². The number of fused-ring (bicyclic) bond motifs is 1. The average molecular weight is 336 g/mol. The fraction of sp³-hybridized carbons (Fsp3) is 0.133. The Morgan fingerprint density at radius 2 is 2.05 bits per heavy atom. The number of rotatable bonds is 3. The van der Waals surface area contributed by atoms with E-state index in [1.54, 1.807) is 24.5 Å². The molecule has 0 saturated heterocycles. The minimum absolute atomic E-state index is 0. The zero-order valence-corrected chi connectivity index (χ0v) is 13.2. The smallest absolute Gasteiger partial charge is 0.251 e. The number of hydrogen-bond acceptors (Lipinski definition) is 4. The molecular formula is C15H14ClN3O2S. The van der Waals surface area contributed by atoms with E-state index < -0.39 is 0 Å². The van der Waals surface area contributed by atoms with E-state index in [1.165, 1.54) is 11.8 Å². The maximum Gasteiger partial charge on any atom is 0.251 e. The molecule has 2 heterocycles. The van der Waals surface area contributed by atoms with Crippen LogP contribution in [0.5, 0.6) is 0 Å². The Labute approximate surface area is 138 Å². The summed E-state index contributed by atoms with van der Waals surface area (Å²) in [7, 11) is 0. The third-order valence-corrected chi connectivity index (χ3v) is 4.15. The largest absolute Gasteiger partial charge is 0.348 e. The molecular weight excluding hydrogens is 322 g/mol. The van der Waals surface area contributed by atoms with Gasteiger partial charge in [-0.25, -0.2) is 0 Å². The first-order chi connectivity index (χ1) is 10.2. The van der Waals surface area contributed by atoms with Crippen LogP contribution in [0.25, 0.3) is 0 Å². The first-order valence-electron chi connectivity index (χ1n) is 6.46. The Bertz CT molecular complexity index is 694. The Hall–Kier alpha value is -2.05. The van der Waals surface area contributed by atoms with E-state index >= 15 is 0 Å². The topological polar surface area (TPSA) is 71.1 Å². The van der Waals surface area contributed by atoms with Crippen molar-refractivity contribution in [2.45, 2.75) is 11.4 Å². The van der Waals surface area contributed by atoms with E-state index in [-0.39, 0.29) is 24.2 Å². The number of carbonyl (C=O) groups excluding carboxylic acids is 2. The van der Waals surface area contributed by atoms with Gasteiger partial charge in [-0.3, -0.25) is 14.6 Å². The van der Waals surface area contributed by atoms with Crippen molar-refractivity contribution in [2.75, 3.05) is 11.1 Å². The molecule has 0 unspecified atom stereocenters. The molecule has 1 aromatic heterocycles. The third kappa shape index (κ3) is 3.78. The standard InChI is InChI=1S/C15H13N3O2S.ClH/c19-14-9-21-13-2-1-10(7-12(13)18-14)8-17-15(20)11-3-5-16-6-4-11;/h1-7H,8-9H2,(H,17,20)(H,18,19);1H. The van der Waals surface area contributed by atoms with Crippen LogP contribution in [0.3, 0.4) is 0 Å². The number of amides is 2. The van der Waals surface area contributed by atoms with Gasteiger partial charge in [0.05, 0.1) is 11.4 Å². The lowest BCUT2D eigenvalue weighted by molar-refractivity contribution is -0.113. The molecule has 3 rings (SSSR count). The fourth-order valence-corrected chi connectivity index (χ4v) is 2.82. The second-order valence-electron chi connectivity index (χ2n) is 4.59. The van der Waals surface area contributed by atoms with Crippen molar-refractivity contribution in [2.24, 2.45) is 0 Å². The average Bonchev–Trinajstić information content (AvgIpc) is 2.53.